The van der Waals surface area contributed by atoms with Crippen LogP contribution in [0.1, 0.15) is 55.5 Å². The highest BCUT2D eigenvalue weighted by atomic mass is 16.5. The van der Waals surface area contributed by atoms with Gasteiger partial charge in [-0.2, -0.15) is 0 Å². The molecule has 2 aliphatic rings. The van der Waals surface area contributed by atoms with E-state index in [-0.39, 0.29) is 17.2 Å². The van der Waals surface area contributed by atoms with Crippen molar-refractivity contribution in [3.8, 4) is 5.75 Å². The molecule has 170 valence electrons. The largest absolute Gasteiger partial charge is 0.547 e. The lowest BCUT2D eigenvalue weighted by Crippen LogP contribution is -2.53. The molecule has 5 N–H and O–H groups in total. The highest BCUT2D eigenvalue weighted by Crippen LogP contribution is 2.33. The van der Waals surface area contributed by atoms with Crippen molar-refractivity contribution in [2.75, 3.05) is 19.6 Å². The standard InChI is InChI=1S/C22H34BN3O5/c1-14(2)25-9-8-24-13-16-7-6-15(10-16)11-20(27)26-19-12-17-4-3-5-18(22(28)29)21(17)31-23(19)30/h3-5,14-16,19,24-25,30H,6-13H2,1-2H3,(H,26,27)(H,28,29). The zero-order valence-electron chi connectivity index (χ0n) is 18.4. The van der Waals surface area contributed by atoms with Gasteiger partial charge in [0.15, 0.2) is 0 Å². The molecule has 0 radical (unpaired) electrons. The van der Waals surface area contributed by atoms with Gasteiger partial charge in [0.05, 0.1) is 11.5 Å². The van der Waals surface area contributed by atoms with Gasteiger partial charge in [0.2, 0.25) is 5.91 Å². The molecular formula is C22H34BN3O5. The minimum absolute atomic E-state index is 0.0203. The molecule has 1 fully saturated rings. The smallest absolute Gasteiger partial charge is 0.534 e. The van der Waals surface area contributed by atoms with E-state index in [0.717, 1.165) is 38.9 Å². The van der Waals surface area contributed by atoms with E-state index in [1.807, 2.05) is 0 Å². The van der Waals surface area contributed by atoms with Crippen LogP contribution in [0.4, 0.5) is 0 Å². The van der Waals surface area contributed by atoms with Gasteiger partial charge in [0, 0.05) is 25.6 Å². The van der Waals surface area contributed by atoms with Crippen LogP contribution in [0, 0.1) is 11.8 Å². The molecule has 1 aliphatic heterocycles. The minimum Gasteiger partial charge on any atom is -0.534 e. The van der Waals surface area contributed by atoms with Crippen molar-refractivity contribution in [1.29, 1.82) is 0 Å². The van der Waals surface area contributed by atoms with Crippen LogP contribution >= 0.6 is 0 Å². The Balaban J connectivity index is 1.42. The van der Waals surface area contributed by atoms with E-state index < -0.39 is 19.0 Å². The summed E-state index contributed by atoms with van der Waals surface area (Å²) in [5, 5.41) is 29.4. The number of carbonyl (C=O) groups is 2. The molecular weight excluding hydrogens is 397 g/mol. The molecule has 9 heteroatoms. The van der Waals surface area contributed by atoms with Crippen molar-refractivity contribution < 1.29 is 24.4 Å². The second kappa shape index (κ2) is 11.0. The van der Waals surface area contributed by atoms with Crippen LogP contribution in [0.3, 0.4) is 0 Å². The fraction of sp³-hybridized carbons (Fsp3) is 0.636. The lowest BCUT2D eigenvalue weighted by molar-refractivity contribution is -0.122. The molecule has 3 unspecified atom stereocenters. The summed E-state index contributed by atoms with van der Waals surface area (Å²) < 4.78 is 5.45. The van der Waals surface area contributed by atoms with Gasteiger partial charge in [0.25, 0.3) is 0 Å². The van der Waals surface area contributed by atoms with Crippen LogP contribution in [0.5, 0.6) is 5.75 Å². The average Bonchev–Trinajstić information content (AvgIpc) is 3.14. The second-order valence-corrected chi connectivity index (χ2v) is 9.05. The predicted octanol–water partition coefficient (Wildman–Crippen LogP) is 1.22. The number of aromatic carboxylic acids is 1. The van der Waals surface area contributed by atoms with Crippen molar-refractivity contribution >= 4 is 19.0 Å². The molecule has 0 bridgehead atoms. The van der Waals surface area contributed by atoms with Gasteiger partial charge in [-0.3, -0.25) is 4.79 Å². The summed E-state index contributed by atoms with van der Waals surface area (Å²) in [7, 11) is -1.27. The normalized spacial score (nSPS) is 22.8. The predicted molar refractivity (Wildman–Crippen MR) is 119 cm³/mol. The Morgan fingerprint density at radius 1 is 1.23 bits per heavy atom. The maximum Gasteiger partial charge on any atom is 0.547 e. The van der Waals surface area contributed by atoms with Crippen molar-refractivity contribution in [3.63, 3.8) is 0 Å². The summed E-state index contributed by atoms with van der Waals surface area (Å²) in [6, 6.07) is 5.35. The molecule has 0 saturated heterocycles. The first-order valence-corrected chi connectivity index (χ1v) is 11.3. The van der Waals surface area contributed by atoms with Crippen LogP contribution in [0.25, 0.3) is 0 Å². The number of fused-ring (bicyclic) bond motifs is 1. The van der Waals surface area contributed by atoms with E-state index in [1.54, 1.807) is 12.1 Å². The van der Waals surface area contributed by atoms with E-state index in [1.165, 1.54) is 6.07 Å². The third kappa shape index (κ3) is 6.69. The number of rotatable bonds is 10. The molecule has 1 amide bonds. The van der Waals surface area contributed by atoms with Crippen LogP contribution < -0.4 is 20.6 Å². The summed E-state index contributed by atoms with van der Waals surface area (Å²) >= 11 is 0. The zero-order valence-corrected chi connectivity index (χ0v) is 18.4. The summed E-state index contributed by atoms with van der Waals surface area (Å²) in [6.07, 6.45) is 3.98. The van der Waals surface area contributed by atoms with Gasteiger partial charge >= 0.3 is 13.1 Å². The number of para-hydroxylation sites is 1. The first-order valence-electron chi connectivity index (χ1n) is 11.3. The van der Waals surface area contributed by atoms with E-state index in [0.29, 0.717) is 36.3 Å². The zero-order chi connectivity index (χ0) is 22.4. The molecule has 31 heavy (non-hydrogen) atoms. The topological polar surface area (TPSA) is 120 Å². The molecule has 1 saturated carbocycles. The fourth-order valence-corrected chi connectivity index (χ4v) is 4.55. The number of carboxylic acid groups (broad SMARTS) is 1. The monoisotopic (exact) mass is 431 g/mol. The molecule has 1 aliphatic carbocycles. The van der Waals surface area contributed by atoms with Gasteiger partial charge in [0.1, 0.15) is 5.75 Å². The SMILES string of the molecule is CC(C)NCCNCC1CCC(CC(=O)NC2Cc3cccc(C(=O)O)c3OB2O)C1. The summed E-state index contributed by atoms with van der Waals surface area (Å²) in [5.41, 5.74) is 0.696. The number of benzene rings is 1. The van der Waals surface area contributed by atoms with E-state index in [4.69, 9.17) is 4.65 Å². The van der Waals surface area contributed by atoms with Gasteiger partial charge in [-0.25, -0.2) is 4.79 Å². The number of nitrogens with one attached hydrogen (secondary N) is 3. The van der Waals surface area contributed by atoms with E-state index >= 15 is 0 Å². The van der Waals surface area contributed by atoms with Crippen LogP contribution in [0.15, 0.2) is 18.2 Å². The van der Waals surface area contributed by atoms with Crippen LogP contribution in [-0.2, 0) is 11.2 Å². The van der Waals surface area contributed by atoms with Crippen molar-refractivity contribution in [1.82, 2.24) is 16.0 Å². The second-order valence-electron chi connectivity index (χ2n) is 9.05. The maximum absolute atomic E-state index is 12.6. The first kappa shape index (κ1) is 23.6. The quantitative estimate of drug-likeness (QED) is 0.279. The molecule has 3 atom stereocenters. The highest BCUT2D eigenvalue weighted by Gasteiger charge is 2.38. The van der Waals surface area contributed by atoms with Crippen LogP contribution in [0.2, 0.25) is 0 Å². The van der Waals surface area contributed by atoms with Crippen molar-refractivity contribution in [2.45, 2.75) is 57.9 Å². The molecule has 1 aromatic carbocycles. The van der Waals surface area contributed by atoms with Crippen molar-refractivity contribution in [2.24, 2.45) is 11.8 Å². The van der Waals surface area contributed by atoms with Gasteiger partial charge in [-0.1, -0.05) is 26.0 Å². The Morgan fingerprint density at radius 3 is 2.74 bits per heavy atom. The molecule has 8 nitrogen and oxygen atoms in total. The maximum atomic E-state index is 12.6. The molecule has 0 spiro atoms. The molecule has 1 heterocycles. The van der Waals surface area contributed by atoms with E-state index in [2.05, 4.69) is 29.8 Å². The Bertz CT molecular complexity index is 776. The van der Waals surface area contributed by atoms with Gasteiger partial charge < -0.3 is 30.7 Å². The number of hydrogen-bond donors (Lipinski definition) is 5. The first-order chi connectivity index (χ1) is 14.8. The number of carboxylic acids is 1. The van der Waals surface area contributed by atoms with Gasteiger partial charge in [-0.05, 0) is 55.7 Å². The number of hydrogen-bond acceptors (Lipinski definition) is 6. The number of carbonyl (C=O) groups excluding carboxylic acids is 1. The van der Waals surface area contributed by atoms with Crippen LogP contribution in [-0.4, -0.2) is 60.7 Å². The fourth-order valence-electron chi connectivity index (χ4n) is 4.55. The van der Waals surface area contributed by atoms with Gasteiger partial charge in [-0.15, -0.1) is 0 Å². The summed E-state index contributed by atoms with van der Waals surface area (Å²) in [4.78, 5) is 23.9. The lowest BCUT2D eigenvalue weighted by Gasteiger charge is -2.29. The van der Waals surface area contributed by atoms with Crippen molar-refractivity contribution in [3.05, 3.63) is 29.3 Å². The minimum atomic E-state index is -1.27. The molecule has 0 aromatic heterocycles. The third-order valence-electron chi connectivity index (χ3n) is 6.11. The lowest BCUT2D eigenvalue weighted by atomic mass is 9.72. The number of amides is 1. The highest BCUT2D eigenvalue weighted by molar-refractivity contribution is 6.47. The Labute approximate surface area is 184 Å². The molecule has 1 aromatic rings. The summed E-state index contributed by atoms with van der Waals surface area (Å²) in [6.45, 7) is 7.16. The summed E-state index contributed by atoms with van der Waals surface area (Å²) in [5.74, 6) is -0.646. The molecule has 3 rings (SSSR count). The Hall–Kier alpha value is -2.10. The van der Waals surface area contributed by atoms with E-state index in [9.17, 15) is 19.7 Å². The Kier molecular flexibility index (Phi) is 8.34. The Morgan fingerprint density at radius 2 is 2.00 bits per heavy atom. The third-order valence-corrected chi connectivity index (χ3v) is 6.11. The average molecular weight is 431 g/mol.